The summed E-state index contributed by atoms with van der Waals surface area (Å²) in [6.07, 6.45) is 0. The molecule has 0 unspecified atom stereocenters. The Hall–Kier alpha value is -2.19. The second-order valence-corrected chi connectivity index (χ2v) is 6.53. The van der Waals surface area contributed by atoms with Crippen molar-refractivity contribution in [3.05, 3.63) is 41.9 Å². The summed E-state index contributed by atoms with van der Waals surface area (Å²) in [5, 5.41) is 8.78. The van der Waals surface area contributed by atoms with Crippen LogP contribution in [0.1, 0.15) is 0 Å². The van der Waals surface area contributed by atoms with E-state index in [2.05, 4.69) is 14.9 Å². The first-order valence-electron chi connectivity index (χ1n) is 5.64. The molecule has 0 fully saturated rings. The first-order chi connectivity index (χ1) is 9.58. The molecule has 0 radical (unpaired) electrons. The Kier molecular flexibility index (Phi) is 3.03. The fourth-order valence-corrected chi connectivity index (χ4v) is 3.82. The summed E-state index contributed by atoms with van der Waals surface area (Å²) in [4.78, 5) is 0.164. The van der Waals surface area contributed by atoms with Gasteiger partial charge in [-0.3, -0.25) is 4.72 Å². The number of fused-ring (bicyclic) bond motifs is 1. The number of hydrogen-bond acceptors (Lipinski definition) is 6. The Labute approximate surface area is 119 Å². The summed E-state index contributed by atoms with van der Waals surface area (Å²) >= 11 is 1.12. The van der Waals surface area contributed by atoms with Crippen molar-refractivity contribution in [2.75, 3.05) is 10.5 Å². The first kappa shape index (κ1) is 12.8. The van der Waals surface area contributed by atoms with Crippen LogP contribution < -0.4 is 10.5 Å². The lowest BCUT2D eigenvalue weighted by molar-refractivity contribution is 0.602. The minimum Gasteiger partial charge on any atom is -0.398 e. The van der Waals surface area contributed by atoms with Crippen LogP contribution >= 0.6 is 11.3 Å². The molecule has 0 aliphatic rings. The van der Waals surface area contributed by atoms with Crippen molar-refractivity contribution in [1.82, 2.24) is 10.2 Å². The molecular formula is C12H10N4O2S2. The monoisotopic (exact) mass is 306 g/mol. The SMILES string of the molecule is Nc1ccc(S(=O)(=O)Nc2nncs2)c2ccccc12. The number of aromatic nitrogens is 2. The zero-order chi connectivity index (χ0) is 14.2. The molecule has 3 N–H and O–H groups in total. The smallest absolute Gasteiger partial charge is 0.264 e. The van der Waals surface area contributed by atoms with Crippen LogP contribution in [0.25, 0.3) is 10.8 Å². The maximum atomic E-state index is 12.4. The Balaban J connectivity index is 2.17. The molecule has 102 valence electrons. The van der Waals surface area contributed by atoms with Gasteiger partial charge in [-0.1, -0.05) is 35.6 Å². The molecule has 6 nitrogen and oxygen atoms in total. The van der Waals surface area contributed by atoms with Gasteiger partial charge in [0.05, 0.1) is 4.90 Å². The highest BCUT2D eigenvalue weighted by Gasteiger charge is 2.19. The van der Waals surface area contributed by atoms with Crippen LogP contribution in [-0.2, 0) is 10.0 Å². The summed E-state index contributed by atoms with van der Waals surface area (Å²) in [6.45, 7) is 0. The molecule has 20 heavy (non-hydrogen) atoms. The second-order valence-electron chi connectivity index (χ2n) is 4.05. The molecular weight excluding hydrogens is 296 g/mol. The number of benzene rings is 2. The van der Waals surface area contributed by atoms with Gasteiger partial charge < -0.3 is 5.73 Å². The number of nitrogens with zero attached hydrogens (tertiary/aromatic N) is 2. The fourth-order valence-electron chi connectivity index (χ4n) is 1.92. The van der Waals surface area contributed by atoms with E-state index in [9.17, 15) is 8.42 Å². The maximum Gasteiger partial charge on any atom is 0.264 e. The molecule has 0 amide bonds. The number of sulfonamides is 1. The number of anilines is 2. The lowest BCUT2D eigenvalue weighted by atomic mass is 10.1. The number of hydrogen-bond donors (Lipinski definition) is 2. The van der Waals surface area contributed by atoms with E-state index in [0.29, 0.717) is 16.5 Å². The predicted molar refractivity (Wildman–Crippen MR) is 79.1 cm³/mol. The summed E-state index contributed by atoms with van der Waals surface area (Å²) < 4.78 is 27.2. The van der Waals surface area contributed by atoms with E-state index >= 15 is 0 Å². The molecule has 0 atom stereocenters. The van der Waals surface area contributed by atoms with Gasteiger partial charge in [-0.2, -0.15) is 0 Å². The predicted octanol–water partition coefficient (Wildman–Crippen LogP) is 2.07. The van der Waals surface area contributed by atoms with Crippen LogP contribution in [0.15, 0.2) is 46.8 Å². The van der Waals surface area contributed by atoms with Gasteiger partial charge in [0.15, 0.2) is 0 Å². The second kappa shape index (κ2) is 4.73. The van der Waals surface area contributed by atoms with E-state index in [1.54, 1.807) is 24.3 Å². The summed E-state index contributed by atoms with van der Waals surface area (Å²) in [6, 6.07) is 10.2. The normalized spacial score (nSPS) is 11.6. The molecule has 8 heteroatoms. The van der Waals surface area contributed by atoms with Gasteiger partial charge in [-0.25, -0.2) is 8.42 Å². The molecule has 0 saturated heterocycles. The third-order valence-corrected chi connectivity index (χ3v) is 4.92. The van der Waals surface area contributed by atoms with Crippen LogP contribution in [0.4, 0.5) is 10.8 Å². The molecule has 0 spiro atoms. The van der Waals surface area contributed by atoms with Crippen molar-refractivity contribution in [2.24, 2.45) is 0 Å². The molecule has 3 aromatic rings. The van der Waals surface area contributed by atoms with Crippen molar-refractivity contribution in [3.8, 4) is 0 Å². The number of nitrogens with one attached hydrogen (secondary N) is 1. The maximum absolute atomic E-state index is 12.4. The van der Waals surface area contributed by atoms with E-state index in [1.807, 2.05) is 6.07 Å². The van der Waals surface area contributed by atoms with E-state index < -0.39 is 10.0 Å². The minimum absolute atomic E-state index is 0.164. The zero-order valence-corrected chi connectivity index (χ0v) is 11.8. The third-order valence-electron chi connectivity index (χ3n) is 2.79. The van der Waals surface area contributed by atoms with Crippen LogP contribution in [0.5, 0.6) is 0 Å². The number of nitrogen functional groups attached to an aromatic ring is 1. The largest absolute Gasteiger partial charge is 0.398 e. The molecule has 2 aromatic carbocycles. The van der Waals surface area contributed by atoms with E-state index in [1.165, 1.54) is 11.6 Å². The van der Waals surface area contributed by atoms with Gasteiger partial charge in [0.2, 0.25) is 5.13 Å². The van der Waals surface area contributed by atoms with Crippen molar-refractivity contribution in [3.63, 3.8) is 0 Å². The molecule has 1 heterocycles. The van der Waals surface area contributed by atoms with Gasteiger partial charge in [0.1, 0.15) is 5.51 Å². The summed E-state index contributed by atoms with van der Waals surface area (Å²) in [5.74, 6) is 0. The summed E-state index contributed by atoms with van der Waals surface area (Å²) in [5.41, 5.74) is 7.86. The summed E-state index contributed by atoms with van der Waals surface area (Å²) in [7, 11) is -3.72. The lowest BCUT2D eigenvalue weighted by Gasteiger charge is -2.09. The van der Waals surface area contributed by atoms with E-state index in [4.69, 9.17) is 5.73 Å². The van der Waals surface area contributed by atoms with Gasteiger partial charge in [0, 0.05) is 16.5 Å². The number of nitrogens with two attached hydrogens (primary N) is 1. The van der Waals surface area contributed by atoms with Crippen molar-refractivity contribution < 1.29 is 8.42 Å². The highest BCUT2D eigenvalue weighted by Crippen LogP contribution is 2.28. The fraction of sp³-hybridized carbons (Fsp3) is 0. The van der Waals surface area contributed by atoms with Gasteiger partial charge in [0.25, 0.3) is 10.0 Å². The highest BCUT2D eigenvalue weighted by atomic mass is 32.2. The molecule has 1 aromatic heterocycles. The highest BCUT2D eigenvalue weighted by molar-refractivity contribution is 7.93. The molecule has 0 saturated carbocycles. The van der Waals surface area contributed by atoms with Gasteiger partial charge in [-0.05, 0) is 12.1 Å². The van der Waals surface area contributed by atoms with E-state index in [-0.39, 0.29) is 10.0 Å². The van der Waals surface area contributed by atoms with Crippen molar-refractivity contribution in [2.45, 2.75) is 4.90 Å². The Morgan fingerprint density at radius 1 is 1.10 bits per heavy atom. The Morgan fingerprint density at radius 2 is 1.85 bits per heavy atom. The topological polar surface area (TPSA) is 98.0 Å². The third kappa shape index (κ3) is 2.19. The number of rotatable bonds is 3. The zero-order valence-electron chi connectivity index (χ0n) is 10.1. The molecule has 0 bridgehead atoms. The first-order valence-corrected chi connectivity index (χ1v) is 8.00. The van der Waals surface area contributed by atoms with Crippen molar-refractivity contribution >= 4 is 43.0 Å². The van der Waals surface area contributed by atoms with Crippen LogP contribution in [-0.4, -0.2) is 18.6 Å². The van der Waals surface area contributed by atoms with Crippen molar-refractivity contribution in [1.29, 1.82) is 0 Å². The minimum atomic E-state index is -3.72. The quantitative estimate of drug-likeness (QED) is 0.722. The van der Waals surface area contributed by atoms with Gasteiger partial charge in [-0.15, -0.1) is 10.2 Å². The van der Waals surface area contributed by atoms with E-state index in [0.717, 1.165) is 11.3 Å². The average Bonchev–Trinajstić information content (AvgIpc) is 2.91. The van der Waals surface area contributed by atoms with Crippen LogP contribution in [0.2, 0.25) is 0 Å². The molecule has 0 aliphatic carbocycles. The average molecular weight is 306 g/mol. The van der Waals surface area contributed by atoms with Crippen LogP contribution in [0.3, 0.4) is 0 Å². The van der Waals surface area contributed by atoms with Gasteiger partial charge >= 0.3 is 0 Å². The van der Waals surface area contributed by atoms with Crippen LogP contribution in [0, 0.1) is 0 Å². The molecule has 3 rings (SSSR count). The Morgan fingerprint density at radius 3 is 2.55 bits per heavy atom. The standard InChI is InChI=1S/C12H10N4O2S2/c13-10-5-6-11(9-4-2-1-3-8(9)10)20(17,18)16-12-15-14-7-19-12/h1-7H,13H2,(H,15,16). The lowest BCUT2D eigenvalue weighted by Crippen LogP contribution is -2.13. The Bertz CT molecular complexity index is 860. The molecule has 0 aliphatic heterocycles.